The maximum atomic E-state index is 12.5. The van der Waals surface area contributed by atoms with Crippen LogP contribution in [-0.4, -0.2) is 32.1 Å². The summed E-state index contributed by atoms with van der Waals surface area (Å²) in [5.74, 6) is 2.86. The van der Waals surface area contributed by atoms with Crippen molar-refractivity contribution in [1.82, 2.24) is 19.7 Å². The summed E-state index contributed by atoms with van der Waals surface area (Å²) >= 11 is 1.54. The molecule has 1 aliphatic heterocycles. The normalized spacial score (nSPS) is 17.5. The maximum absolute atomic E-state index is 12.5. The molecule has 0 spiro atoms. The van der Waals surface area contributed by atoms with E-state index < -0.39 is 0 Å². The number of nitrogens with zero attached hydrogens (tertiary/aromatic N) is 4. The monoisotopic (exact) mass is 385 g/mol. The van der Waals surface area contributed by atoms with Crippen LogP contribution in [-0.2, 0) is 13.6 Å². The highest BCUT2D eigenvalue weighted by Crippen LogP contribution is 2.37. The molecule has 0 bridgehead atoms. The van der Waals surface area contributed by atoms with Crippen LogP contribution >= 0.6 is 11.3 Å². The van der Waals surface area contributed by atoms with E-state index >= 15 is 0 Å². The van der Waals surface area contributed by atoms with E-state index in [4.69, 9.17) is 4.42 Å². The number of rotatable bonds is 5. The lowest BCUT2D eigenvalue weighted by molar-refractivity contribution is 0.102. The molecule has 7 nitrogen and oxygen atoms in total. The highest BCUT2D eigenvalue weighted by atomic mass is 32.1. The number of furan rings is 1. The number of aryl methyl sites for hydroxylation is 3. The summed E-state index contributed by atoms with van der Waals surface area (Å²) in [5, 5.41) is 6.96. The first-order valence-electron chi connectivity index (χ1n) is 9.07. The summed E-state index contributed by atoms with van der Waals surface area (Å²) < 4.78 is 7.37. The highest BCUT2D eigenvalue weighted by molar-refractivity contribution is 7.14. The van der Waals surface area contributed by atoms with Gasteiger partial charge in [-0.2, -0.15) is 4.98 Å². The van der Waals surface area contributed by atoms with Crippen LogP contribution < -0.4 is 5.32 Å². The lowest BCUT2D eigenvalue weighted by Crippen LogP contribution is -2.21. The summed E-state index contributed by atoms with van der Waals surface area (Å²) in [7, 11) is 1.80. The number of amides is 1. The first kappa shape index (κ1) is 17.9. The number of hydrogen-bond donors (Lipinski definition) is 1. The molecule has 8 heteroatoms. The van der Waals surface area contributed by atoms with Gasteiger partial charge < -0.3 is 4.42 Å². The Morgan fingerprint density at radius 3 is 2.89 bits per heavy atom. The molecule has 1 fully saturated rings. The molecular formula is C19H23N5O2S. The minimum absolute atomic E-state index is 0.164. The molecule has 4 rings (SSSR count). The second kappa shape index (κ2) is 7.28. The van der Waals surface area contributed by atoms with Gasteiger partial charge >= 0.3 is 0 Å². The molecule has 0 radical (unpaired) electrons. The maximum Gasteiger partial charge on any atom is 0.268 e. The van der Waals surface area contributed by atoms with Crippen LogP contribution in [0, 0.1) is 13.8 Å². The lowest BCUT2D eigenvalue weighted by Gasteiger charge is -2.22. The number of carbonyl (C=O) groups is 1. The number of hydrogen-bond acceptors (Lipinski definition) is 6. The number of nitrogens with one attached hydrogen (secondary N) is 1. The minimum Gasteiger partial charge on any atom is -0.465 e. The number of anilines is 1. The van der Waals surface area contributed by atoms with Crippen molar-refractivity contribution in [3.8, 4) is 0 Å². The molecule has 1 N–H and O–H groups in total. The second-order valence-corrected chi connectivity index (χ2v) is 8.02. The first-order valence-corrected chi connectivity index (χ1v) is 9.89. The third kappa shape index (κ3) is 3.81. The van der Waals surface area contributed by atoms with Crippen LogP contribution in [0.1, 0.15) is 50.8 Å². The predicted octanol–water partition coefficient (Wildman–Crippen LogP) is 3.68. The van der Waals surface area contributed by atoms with Gasteiger partial charge in [-0.15, -0.1) is 16.4 Å². The fourth-order valence-corrected chi connectivity index (χ4v) is 4.51. The number of carbonyl (C=O) groups excluding carboxylic acids is 1. The van der Waals surface area contributed by atoms with Crippen LogP contribution in [0.3, 0.4) is 0 Å². The minimum atomic E-state index is -0.164. The van der Waals surface area contributed by atoms with Gasteiger partial charge in [0.1, 0.15) is 17.3 Å². The van der Waals surface area contributed by atoms with E-state index in [-0.39, 0.29) is 5.91 Å². The van der Waals surface area contributed by atoms with E-state index in [2.05, 4.69) is 26.4 Å². The summed E-state index contributed by atoms with van der Waals surface area (Å²) in [5.41, 5.74) is 0. The van der Waals surface area contributed by atoms with Gasteiger partial charge in [0.2, 0.25) is 5.95 Å². The Morgan fingerprint density at radius 1 is 1.33 bits per heavy atom. The van der Waals surface area contributed by atoms with Crippen LogP contribution in [0.15, 0.2) is 28.7 Å². The van der Waals surface area contributed by atoms with Crippen LogP contribution in [0.5, 0.6) is 0 Å². The van der Waals surface area contributed by atoms with Crippen LogP contribution in [0.2, 0.25) is 0 Å². The molecule has 3 aromatic heterocycles. The van der Waals surface area contributed by atoms with Crippen molar-refractivity contribution in [3.63, 3.8) is 0 Å². The Bertz CT molecular complexity index is 938. The molecule has 0 saturated carbocycles. The molecule has 1 saturated heterocycles. The smallest absolute Gasteiger partial charge is 0.268 e. The fourth-order valence-electron chi connectivity index (χ4n) is 3.44. The molecule has 1 unspecified atom stereocenters. The van der Waals surface area contributed by atoms with E-state index in [0.717, 1.165) is 43.3 Å². The Labute approximate surface area is 162 Å². The van der Waals surface area contributed by atoms with E-state index in [0.29, 0.717) is 16.9 Å². The Morgan fingerprint density at radius 2 is 2.19 bits per heavy atom. The number of thiophene rings is 1. The zero-order valence-corrected chi connectivity index (χ0v) is 16.5. The van der Waals surface area contributed by atoms with E-state index in [1.165, 1.54) is 4.88 Å². The van der Waals surface area contributed by atoms with Crippen molar-refractivity contribution < 1.29 is 9.21 Å². The third-order valence-corrected chi connectivity index (χ3v) is 6.09. The SMILES string of the molecule is Cc1ccc(CN2CCCC2c2ccc(C(=O)Nc3nc(C)n(C)n3)s2)o1. The molecule has 3 aromatic rings. The van der Waals surface area contributed by atoms with E-state index in [1.807, 2.05) is 32.0 Å². The third-order valence-electron chi connectivity index (χ3n) is 4.90. The summed E-state index contributed by atoms with van der Waals surface area (Å²) in [6.45, 7) is 5.66. The van der Waals surface area contributed by atoms with E-state index in [9.17, 15) is 4.79 Å². The summed E-state index contributed by atoms with van der Waals surface area (Å²) in [6, 6.07) is 8.32. The zero-order valence-electron chi connectivity index (χ0n) is 15.7. The zero-order chi connectivity index (χ0) is 19.0. The van der Waals surface area contributed by atoms with Crippen molar-refractivity contribution in [1.29, 1.82) is 0 Å². The Kier molecular flexibility index (Phi) is 4.84. The predicted molar refractivity (Wildman–Crippen MR) is 104 cm³/mol. The van der Waals surface area contributed by atoms with Gasteiger partial charge in [0.15, 0.2) is 0 Å². The Balaban J connectivity index is 1.45. The quantitative estimate of drug-likeness (QED) is 0.725. The molecule has 1 aliphatic rings. The van der Waals surface area contributed by atoms with Crippen molar-refractivity contribution >= 4 is 23.2 Å². The van der Waals surface area contributed by atoms with Gasteiger partial charge in [0.25, 0.3) is 5.91 Å². The fraction of sp³-hybridized carbons (Fsp3) is 0.421. The van der Waals surface area contributed by atoms with Crippen molar-refractivity contribution in [2.45, 2.75) is 39.3 Å². The highest BCUT2D eigenvalue weighted by Gasteiger charge is 2.28. The lowest BCUT2D eigenvalue weighted by atomic mass is 10.2. The number of likely N-dealkylation sites (tertiary alicyclic amines) is 1. The van der Waals surface area contributed by atoms with Gasteiger partial charge in [-0.3, -0.25) is 19.7 Å². The van der Waals surface area contributed by atoms with Crippen molar-refractivity contribution in [3.05, 3.63) is 51.4 Å². The molecule has 27 heavy (non-hydrogen) atoms. The van der Waals surface area contributed by atoms with Gasteiger partial charge in [-0.1, -0.05) is 0 Å². The van der Waals surface area contributed by atoms with Gasteiger partial charge in [-0.25, -0.2) is 0 Å². The van der Waals surface area contributed by atoms with Crippen LogP contribution in [0.4, 0.5) is 5.95 Å². The Hall–Kier alpha value is -2.45. The largest absolute Gasteiger partial charge is 0.465 e. The van der Waals surface area contributed by atoms with Crippen LogP contribution in [0.25, 0.3) is 0 Å². The summed E-state index contributed by atoms with van der Waals surface area (Å²) in [4.78, 5) is 21.1. The van der Waals surface area contributed by atoms with Crippen molar-refractivity contribution in [2.24, 2.45) is 7.05 Å². The molecular weight excluding hydrogens is 362 g/mol. The molecule has 4 heterocycles. The molecule has 1 atom stereocenters. The topological polar surface area (TPSA) is 76.2 Å². The van der Waals surface area contributed by atoms with Gasteiger partial charge in [0, 0.05) is 18.0 Å². The molecule has 1 amide bonds. The first-order chi connectivity index (χ1) is 13.0. The molecule has 142 valence electrons. The second-order valence-electron chi connectivity index (χ2n) is 6.90. The number of aromatic nitrogens is 3. The van der Waals surface area contributed by atoms with E-state index in [1.54, 1.807) is 23.1 Å². The molecule has 0 aliphatic carbocycles. The van der Waals surface area contributed by atoms with Gasteiger partial charge in [-0.05, 0) is 57.5 Å². The van der Waals surface area contributed by atoms with Crippen molar-refractivity contribution in [2.75, 3.05) is 11.9 Å². The average molecular weight is 385 g/mol. The average Bonchev–Trinajstić information content (AvgIpc) is 3.38. The molecule has 0 aromatic carbocycles. The standard InChI is InChI=1S/C19H23N5O2S/c1-12-6-7-14(26-12)11-24-10-4-5-15(24)16-8-9-17(27-16)18(25)21-19-20-13(2)23(3)22-19/h6-9,15H,4-5,10-11H2,1-3H3,(H,21,22,25). The summed E-state index contributed by atoms with van der Waals surface area (Å²) in [6.07, 6.45) is 2.25. The van der Waals surface area contributed by atoms with Gasteiger partial charge in [0.05, 0.1) is 11.4 Å².